The van der Waals surface area contributed by atoms with Crippen LogP contribution in [0.15, 0.2) is 22.8 Å². The molecule has 0 N–H and O–H groups in total. The van der Waals surface area contributed by atoms with Crippen LogP contribution in [0.3, 0.4) is 0 Å². The Morgan fingerprint density at radius 3 is 2.70 bits per heavy atom. The van der Waals surface area contributed by atoms with Crippen molar-refractivity contribution in [2.24, 2.45) is 0 Å². The summed E-state index contributed by atoms with van der Waals surface area (Å²) < 4.78 is 5.17. The number of hydrogen-bond donors (Lipinski definition) is 0. The van der Waals surface area contributed by atoms with Crippen molar-refractivity contribution in [1.29, 1.82) is 0 Å². The normalized spacial score (nSPS) is 21.8. The molecule has 2 aliphatic rings. The minimum Gasteiger partial charge on any atom is -0.459 e. The van der Waals surface area contributed by atoms with Gasteiger partial charge in [-0.2, -0.15) is 0 Å². The van der Waals surface area contributed by atoms with Gasteiger partial charge in [-0.05, 0) is 38.3 Å². The second-order valence-corrected chi connectivity index (χ2v) is 5.63. The fourth-order valence-electron chi connectivity index (χ4n) is 3.59. The summed E-state index contributed by atoms with van der Waals surface area (Å²) in [6.45, 7) is 4.20. The lowest BCUT2D eigenvalue weighted by Crippen LogP contribution is -2.54. The van der Waals surface area contributed by atoms with E-state index in [-0.39, 0.29) is 17.4 Å². The van der Waals surface area contributed by atoms with E-state index in [0.717, 1.165) is 25.8 Å². The van der Waals surface area contributed by atoms with Crippen molar-refractivity contribution in [1.82, 2.24) is 9.80 Å². The molecule has 2 amide bonds. The third-order valence-electron chi connectivity index (χ3n) is 4.71. The van der Waals surface area contributed by atoms with E-state index < -0.39 is 0 Å². The summed E-state index contributed by atoms with van der Waals surface area (Å²) >= 11 is 0. The lowest BCUT2D eigenvalue weighted by Gasteiger charge is -2.44. The van der Waals surface area contributed by atoms with Crippen LogP contribution in [0.25, 0.3) is 0 Å². The summed E-state index contributed by atoms with van der Waals surface area (Å²) in [5.74, 6) is 0.617. The van der Waals surface area contributed by atoms with Crippen LogP contribution < -0.4 is 0 Å². The third kappa shape index (κ3) is 2.01. The molecular formula is C15H20N2O3. The van der Waals surface area contributed by atoms with E-state index in [1.165, 1.54) is 6.26 Å². The van der Waals surface area contributed by atoms with Gasteiger partial charge in [-0.3, -0.25) is 9.59 Å². The fraction of sp³-hybridized carbons (Fsp3) is 0.600. The molecule has 2 saturated heterocycles. The van der Waals surface area contributed by atoms with Crippen molar-refractivity contribution in [3.05, 3.63) is 24.2 Å². The molecule has 2 aliphatic heterocycles. The average molecular weight is 276 g/mol. The van der Waals surface area contributed by atoms with Gasteiger partial charge in [-0.15, -0.1) is 0 Å². The summed E-state index contributed by atoms with van der Waals surface area (Å²) in [6, 6.07) is 3.43. The lowest BCUT2D eigenvalue weighted by atomic mass is 9.85. The number of carbonyl (C=O) groups excluding carboxylic acids is 2. The molecule has 0 aliphatic carbocycles. The van der Waals surface area contributed by atoms with Crippen LogP contribution in [-0.4, -0.2) is 46.8 Å². The van der Waals surface area contributed by atoms with Crippen LogP contribution in [0.5, 0.6) is 0 Å². The standard InChI is InChI=1S/C15H20N2O3/c1-2-17-13(18)5-6-15(17)7-9-16(10-8-15)14(19)12-4-3-11-20-12/h3-4,11H,2,5-10H2,1H3. The number of rotatable bonds is 2. The summed E-state index contributed by atoms with van der Waals surface area (Å²) in [5.41, 5.74) is -0.00816. The van der Waals surface area contributed by atoms with Crippen LogP contribution in [0, 0.1) is 0 Å². The molecule has 1 spiro atoms. The molecule has 20 heavy (non-hydrogen) atoms. The van der Waals surface area contributed by atoms with Gasteiger partial charge in [0.25, 0.3) is 5.91 Å². The number of carbonyl (C=O) groups is 2. The molecule has 2 fully saturated rings. The predicted molar refractivity (Wildman–Crippen MR) is 73.2 cm³/mol. The highest BCUT2D eigenvalue weighted by molar-refractivity contribution is 5.91. The predicted octanol–water partition coefficient (Wildman–Crippen LogP) is 1.90. The molecule has 0 bridgehead atoms. The third-order valence-corrected chi connectivity index (χ3v) is 4.71. The maximum atomic E-state index is 12.2. The van der Waals surface area contributed by atoms with E-state index in [1.807, 2.05) is 16.7 Å². The zero-order valence-electron chi connectivity index (χ0n) is 11.8. The van der Waals surface area contributed by atoms with Crippen molar-refractivity contribution >= 4 is 11.8 Å². The van der Waals surface area contributed by atoms with Gasteiger partial charge in [0.15, 0.2) is 5.76 Å². The van der Waals surface area contributed by atoms with E-state index in [1.54, 1.807) is 12.1 Å². The van der Waals surface area contributed by atoms with Crippen LogP contribution >= 0.6 is 0 Å². The molecule has 1 aromatic rings. The summed E-state index contributed by atoms with van der Waals surface area (Å²) in [6.07, 6.45) is 4.85. The maximum absolute atomic E-state index is 12.2. The van der Waals surface area contributed by atoms with Gasteiger partial charge in [0, 0.05) is 31.6 Å². The summed E-state index contributed by atoms with van der Waals surface area (Å²) in [5, 5.41) is 0. The Morgan fingerprint density at radius 1 is 1.35 bits per heavy atom. The summed E-state index contributed by atoms with van der Waals surface area (Å²) in [4.78, 5) is 28.0. The molecule has 0 aromatic carbocycles. The molecule has 5 heteroatoms. The monoisotopic (exact) mass is 276 g/mol. The Balaban J connectivity index is 1.68. The van der Waals surface area contributed by atoms with E-state index in [4.69, 9.17) is 4.42 Å². The maximum Gasteiger partial charge on any atom is 0.289 e. The smallest absolute Gasteiger partial charge is 0.289 e. The first kappa shape index (κ1) is 13.2. The van der Waals surface area contributed by atoms with Crippen LogP contribution in [0.4, 0.5) is 0 Å². The zero-order chi connectivity index (χ0) is 14.2. The molecule has 108 valence electrons. The van der Waals surface area contributed by atoms with Gasteiger partial charge >= 0.3 is 0 Å². The van der Waals surface area contributed by atoms with E-state index >= 15 is 0 Å². The van der Waals surface area contributed by atoms with Crippen molar-refractivity contribution < 1.29 is 14.0 Å². The highest BCUT2D eigenvalue weighted by atomic mass is 16.3. The van der Waals surface area contributed by atoms with Crippen molar-refractivity contribution in [2.45, 2.75) is 38.1 Å². The topological polar surface area (TPSA) is 53.8 Å². The molecule has 0 atom stereocenters. The number of furan rings is 1. The first-order valence-electron chi connectivity index (χ1n) is 7.29. The molecule has 5 nitrogen and oxygen atoms in total. The first-order valence-corrected chi connectivity index (χ1v) is 7.29. The molecule has 0 radical (unpaired) electrons. The van der Waals surface area contributed by atoms with E-state index in [0.29, 0.717) is 25.3 Å². The number of nitrogens with zero attached hydrogens (tertiary/aromatic N) is 2. The SMILES string of the molecule is CCN1C(=O)CCC12CCN(C(=O)c1ccco1)CC2. The number of piperidine rings is 1. The van der Waals surface area contributed by atoms with Gasteiger partial charge in [-0.1, -0.05) is 0 Å². The first-order chi connectivity index (χ1) is 9.66. The Labute approximate surface area is 118 Å². The number of hydrogen-bond acceptors (Lipinski definition) is 3. The van der Waals surface area contributed by atoms with Gasteiger partial charge < -0.3 is 14.2 Å². The van der Waals surface area contributed by atoms with Gasteiger partial charge in [0.2, 0.25) is 5.91 Å². The van der Waals surface area contributed by atoms with Crippen molar-refractivity contribution in [3.63, 3.8) is 0 Å². The molecule has 3 heterocycles. The highest BCUT2D eigenvalue weighted by Crippen LogP contribution is 2.39. The average Bonchev–Trinajstić information content (AvgIpc) is 3.09. The fourth-order valence-corrected chi connectivity index (χ4v) is 3.59. The Morgan fingerprint density at radius 2 is 2.10 bits per heavy atom. The summed E-state index contributed by atoms with van der Waals surface area (Å²) in [7, 11) is 0. The lowest BCUT2D eigenvalue weighted by molar-refractivity contribution is -0.132. The number of likely N-dealkylation sites (tertiary alicyclic amines) is 2. The Bertz CT molecular complexity index is 501. The second-order valence-electron chi connectivity index (χ2n) is 5.63. The zero-order valence-corrected chi connectivity index (χ0v) is 11.8. The Hall–Kier alpha value is -1.78. The minimum absolute atomic E-state index is 0.00816. The molecule has 1 aromatic heterocycles. The van der Waals surface area contributed by atoms with Crippen LogP contribution in [0.2, 0.25) is 0 Å². The van der Waals surface area contributed by atoms with Crippen LogP contribution in [-0.2, 0) is 4.79 Å². The van der Waals surface area contributed by atoms with Gasteiger partial charge in [-0.25, -0.2) is 0 Å². The van der Waals surface area contributed by atoms with Gasteiger partial charge in [0.05, 0.1) is 6.26 Å². The Kier molecular flexibility index (Phi) is 3.28. The number of amides is 2. The molecular weight excluding hydrogens is 256 g/mol. The van der Waals surface area contributed by atoms with E-state index in [2.05, 4.69) is 0 Å². The quantitative estimate of drug-likeness (QED) is 0.829. The largest absolute Gasteiger partial charge is 0.459 e. The van der Waals surface area contributed by atoms with Crippen molar-refractivity contribution in [2.75, 3.05) is 19.6 Å². The molecule has 3 rings (SSSR count). The van der Waals surface area contributed by atoms with E-state index in [9.17, 15) is 9.59 Å². The minimum atomic E-state index is -0.0442. The highest BCUT2D eigenvalue weighted by Gasteiger charge is 2.46. The van der Waals surface area contributed by atoms with Gasteiger partial charge in [0.1, 0.15) is 0 Å². The molecule has 0 unspecified atom stereocenters. The molecule has 0 saturated carbocycles. The van der Waals surface area contributed by atoms with Crippen molar-refractivity contribution in [3.8, 4) is 0 Å². The van der Waals surface area contributed by atoms with Crippen LogP contribution in [0.1, 0.15) is 43.2 Å². The second kappa shape index (κ2) is 4.96.